The zero-order valence-electron chi connectivity index (χ0n) is 18.2. The molecule has 30 heavy (non-hydrogen) atoms. The van der Waals surface area contributed by atoms with Gasteiger partial charge in [-0.2, -0.15) is 0 Å². The number of nitrogens with one attached hydrogen (secondary N) is 1. The van der Waals surface area contributed by atoms with Crippen molar-refractivity contribution in [1.82, 2.24) is 4.90 Å². The van der Waals surface area contributed by atoms with Gasteiger partial charge in [0.1, 0.15) is 18.9 Å². The number of benzene rings is 2. The van der Waals surface area contributed by atoms with Gasteiger partial charge in [0.2, 0.25) is 5.91 Å². The van der Waals surface area contributed by atoms with E-state index in [0.717, 1.165) is 51.3 Å². The van der Waals surface area contributed by atoms with Crippen molar-refractivity contribution in [2.24, 2.45) is 11.8 Å². The van der Waals surface area contributed by atoms with Gasteiger partial charge in [-0.15, -0.1) is 0 Å². The van der Waals surface area contributed by atoms with Gasteiger partial charge in [-0.25, -0.2) is 0 Å². The molecule has 2 aromatic rings. The molecule has 160 valence electrons. The molecule has 1 amide bonds. The van der Waals surface area contributed by atoms with Crippen LogP contribution in [0.3, 0.4) is 0 Å². The minimum absolute atomic E-state index is 0.236. The molecule has 1 atom stereocenters. The normalized spacial score (nSPS) is 24.4. The Hall–Kier alpha value is -2.33. The molecule has 0 saturated carbocycles. The molecule has 2 saturated heterocycles. The molecular formula is C26H35N2O2+. The first-order chi connectivity index (χ1) is 14.7. The molecule has 0 bridgehead atoms. The smallest absolute Gasteiger partial charge is 0.226 e. The highest BCUT2D eigenvalue weighted by molar-refractivity contribution is 5.79. The van der Waals surface area contributed by atoms with Crippen LogP contribution in [0.5, 0.6) is 5.75 Å². The summed E-state index contributed by atoms with van der Waals surface area (Å²) in [7, 11) is 0. The van der Waals surface area contributed by atoms with Crippen molar-refractivity contribution in [3.05, 3.63) is 65.7 Å². The van der Waals surface area contributed by atoms with Crippen molar-refractivity contribution in [2.75, 3.05) is 26.2 Å². The quantitative estimate of drug-likeness (QED) is 0.797. The summed E-state index contributed by atoms with van der Waals surface area (Å²) >= 11 is 0. The van der Waals surface area contributed by atoms with E-state index in [-0.39, 0.29) is 5.92 Å². The predicted molar refractivity (Wildman–Crippen MR) is 119 cm³/mol. The molecule has 0 aromatic heterocycles. The van der Waals surface area contributed by atoms with Crippen molar-refractivity contribution in [2.45, 2.75) is 45.8 Å². The second kappa shape index (κ2) is 10.1. The fourth-order valence-electron chi connectivity index (χ4n) is 4.87. The third kappa shape index (κ3) is 5.63. The van der Waals surface area contributed by atoms with Crippen LogP contribution in [0.4, 0.5) is 0 Å². The van der Waals surface area contributed by atoms with E-state index in [1.807, 2.05) is 24.3 Å². The number of hydrogen-bond acceptors (Lipinski definition) is 2. The summed E-state index contributed by atoms with van der Waals surface area (Å²) in [5.74, 6) is 2.24. The topological polar surface area (TPSA) is 34.0 Å². The van der Waals surface area contributed by atoms with Crippen molar-refractivity contribution in [1.29, 1.82) is 0 Å². The Morgan fingerprint density at radius 3 is 2.57 bits per heavy atom. The Kier molecular flexibility index (Phi) is 7.06. The maximum atomic E-state index is 12.9. The highest BCUT2D eigenvalue weighted by Crippen LogP contribution is 2.21. The zero-order valence-corrected chi connectivity index (χ0v) is 18.2. The van der Waals surface area contributed by atoms with Crippen molar-refractivity contribution in [3.8, 4) is 5.75 Å². The first-order valence-electron chi connectivity index (χ1n) is 11.6. The van der Waals surface area contributed by atoms with Gasteiger partial charge in [0.15, 0.2) is 0 Å². The summed E-state index contributed by atoms with van der Waals surface area (Å²) < 4.78 is 5.99. The van der Waals surface area contributed by atoms with E-state index in [1.54, 1.807) is 4.90 Å². The van der Waals surface area contributed by atoms with Gasteiger partial charge >= 0.3 is 0 Å². The van der Waals surface area contributed by atoms with Crippen LogP contribution in [-0.4, -0.2) is 37.0 Å². The Bertz CT molecular complexity index is 815. The lowest BCUT2D eigenvalue weighted by atomic mass is 9.92. The number of piperidine rings is 2. The fourth-order valence-corrected chi connectivity index (χ4v) is 4.87. The van der Waals surface area contributed by atoms with Crippen LogP contribution < -0.4 is 9.64 Å². The molecule has 2 aliphatic rings. The number of ether oxygens (including phenoxy) is 1. The van der Waals surface area contributed by atoms with E-state index in [2.05, 4.69) is 42.2 Å². The summed E-state index contributed by atoms with van der Waals surface area (Å²) in [6.45, 7) is 7.95. The number of amides is 1. The van der Waals surface area contributed by atoms with E-state index in [1.165, 1.54) is 24.0 Å². The first-order valence-corrected chi connectivity index (χ1v) is 11.6. The Morgan fingerprint density at radius 2 is 1.80 bits per heavy atom. The monoisotopic (exact) mass is 407 g/mol. The van der Waals surface area contributed by atoms with Crippen molar-refractivity contribution < 1.29 is 14.4 Å². The molecule has 0 unspecified atom stereocenters. The number of likely N-dealkylation sites (tertiary alicyclic amines) is 2. The Balaban J connectivity index is 1.25. The second-order valence-electron chi connectivity index (χ2n) is 9.15. The molecule has 0 spiro atoms. The molecule has 2 aromatic carbocycles. The lowest BCUT2D eigenvalue weighted by Gasteiger charge is -2.36. The van der Waals surface area contributed by atoms with Gasteiger partial charge < -0.3 is 14.5 Å². The summed E-state index contributed by atoms with van der Waals surface area (Å²) in [4.78, 5) is 16.6. The molecule has 4 rings (SSSR count). The Labute approximate surface area is 180 Å². The number of rotatable bonds is 6. The second-order valence-corrected chi connectivity index (χ2v) is 9.15. The van der Waals surface area contributed by atoms with E-state index in [4.69, 9.17) is 4.74 Å². The van der Waals surface area contributed by atoms with Gasteiger partial charge in [-0.05, 0) is 36.5 Å². The van der Waals surface area contributed by atoms with Crippen LogP contribution in [0.1, 0.15) is 43.7 Å². The summed E-state index contributed by atoms with van der Waals surface area (Å²) in [6.07, 6.45) is 4.46. The molecule has 4 nitrogen and oxygen atoms in total. The standard InChI is InChI=1S/C26H34N2O2/c1-21-7-6-14-28(18-21)26(29)24-12-15-27(16-13-24)19-23-10-5-11-25(17-23)30-20-22-8-3-2-4-9-22/h2-5,8-11,17,21,24H,6-7,12-16,18-20H2,1H3/p+1/t21-/m1/s1. The average Bonchev–Trinajstić information content (AvgIpc) is 2.79. The van der Waals surface area contributed by atoms with E-state index in [9.17, 15) is 4.79 Å². The summed E-state index contributed by atoms with van der Waals surface area (Å²) in [5, 5.41) is 0. The lowest BCUT2D eigenvalue weighted by Crippen LogP contribution is -3.11. The van der Waals surface area contributed by atoms with Gasteiger partial charge in [0.05, 0.1) is 13.1 Å². The van der Waals surface area contributed by atoms with Gasteiger partial charge in [0.25, 0.3) is 0 Å². The lowest BCUT2D eigenvalue weighted by molar-refractivity contribution is -0.919. The van der Waals surface area contributed by atoms with Crippen molar-refractivity contribution in [3.63, 3.8) is 0 Å². The van der Waals surface area contributed by atoms with Crippen LogP contribution in [-0.2, 0) is 17.9 Å². The highest BCUT2D eigenvalue weighted by Gasteiger charge is 2.32. The van der Waals surface area contributed by atoms with Gasteiger partial charge in [-0.1, -0.05) is 49.4 Å². The number of carbonyl (C=O) groups excluding carboxylic acids is 1. The van der Waals surface area contributed by atoms with Crippen LogP contribution in [0.2, 0.25) is 0 Å². The third-order valence-electron chi connectivity index (χ3n) is 6.61. The van der Waals surface area contributed by atoms with E-state index < -0.39 is 0 Å². The fraction of sp³-hybridized carbons (Fsp3) is 0.500. The third-order valence-corrected chi connectivity index (χ3v) is 6.61. The largest absolute Gasteiger partial charge is 0.489 e. The van der Waals surface area contributed by atoms with Crippen LogP contribution in [0.15, 0.2) is 54.6 Å². The van der Waals surface area contributed by atoms with Gasteiger partial charge in [-0.3, -0.25) is 4.79 Å². The number of quaternary nitrogens is 1. The number of hydrogen-bond donors (Lipinski definition) is 1. The highest BCUT2D eigenvalue weighted by atomic mass is 16.5. The van der Waals surface area contributed by atoms with E-state index in [0.29, 0.717) is 18.4 Å². The minimum atomic E-state index is 0.236. The zero-order chi connectivity index (χ0) is 20.8. The van der Waals surface area contributed by atoms with E-state index >= 15 is 0 Å². The van der Waals surface area contributed by atoms with Crippen LogP contribution >= 0.6 is 0 Å². The first kappa shape index (κ1) is 20.9. The van der Waals surface area contributed by atoms with Crippen molar-refractivity contribution >= 4 is 5.91 Å². The molecule has 2 heterocycles. The molecule has 2 fully saturated rings. The summed E-state index contributed by atoms with van der Waals surface area (Å²) in [5.41, 5.74) is 2.49. The maximum Gasteiger partial charge on any atom is 0.226 e. The molecule has 4 heteroatoms. The number of nitrogens with zero attached hydrogens (tertiary/aromatic N) is 1. The molecule has 0 radical (unpaired) electrons. The molecule has 2 aliphatic heterocycles. The van der Waals surface area contributed by atoms with Crippen LogP contribution in [0.25, 0.3) is 0 Å². The summed E-state index contributed by atoms with van der Waals surface area (Å²) in [6, 6.07) is 18.8. The van der Waals surface area contributed by atoms with Crippen LogP contribution in [0, 0.1) is 11.8 Å². The molecule has 0 aliphatic carbocycles. The average molecular weight is 408 g/mol. The SMILES string of the molecule is C[C@@H]1CCCN(C(=O)C2CC[NH+](Cc3cccc(OCc4ccccc4)c3)CC2)C1. The maximum absolute atomic E-state index is 12.9. The molecule has 1 N–H and O–H groups in total. The predicted octanol–water partition coefficient (Wildman–Crippen LogP) is 3.32. The number of carbonyl (C=O) groups is 1. The Morgan fingerprint density at radius 1 is 1.03 bits per heavy atom. The molecular weight excluding hydrogens is 372 g/mol. The minimum Gasteiger partial charge on any atom is -0.489 e. The van der Waals surface area contributed by atoms with Gasteiger partial charge in [0, 0.05) is 37.4 Å².